The first-order chi connectivity index (χ1) is 15.7. The van der Waals surface area contributed by atoms with E-state index in [1.807, 2.05) is 0 Å². The van der Waals surface area contributed by atoms with Crippen LogP contribution in [0.1, 0.15) is 34.6 Å². The van der Waals surface area contributed by atoms with Crippen molar-refractivity contribution in [3.05, 3.63) is 59.3 Å². The van der Waals surface area contributed by atoms with Crippen LogP contribution < -0.4 is 5.32 Å². The van der Waals surface area contributed by atoms with Crippen LogP contribution in [0.25, 0.3) is 11.5 Å². The topological polar surface area (TPSA) is 84.2 Å². The number of carbonyl (C=O) groups excluding carboxylic acids is 1. The van der Waals surface area contributed by atoms with Crippen LogP contribution in [-0.2, 0) is 6.18 Å². The number of alkyl halides is 3. The number of aryl methyl sites for hydroxylation is 1. The molecule has 2 aromatic heterocycles. The monoisotopic (exact) mass is 461 g/mol. The maximum absolute atomic E-state index is 14.7. The number of nitrogens with zero attached hydrogens (tertiary/aromatic N) is 4. The van der Waals surface area contributed by atoms with Crippen LogP contribution >= 0.6 is 0 Å². The molecule has 1 aromatic carbocycles. The van der Waals surface area contributed by atoms with Gasteiger partial charge in [-0.25, -0.2) is 9.37 Å². The number of amides is 1. The van der Waals surface area contributed by atoms with E-state index < -0.39 is 17.6 Å². The van der Waals surface area contributed by atoms with E-state index in [2.05, 4.69) is 20.4 Å². The third kappa shape index (κ3) is 3.91. The SMILES string of the molecule is Cc1noc(-c2c(F)cccc2C(=O)N2C[C@@H]3C[C@@H](Nc4ccc(C(F)(F)F)cn4)[C@@H]2C3)n1. The fraction of sp³-hybridized carbons (Fsp3) is 0.364. The number of benzene rings is 1. The van der Waals surface area contributed by atoms with E-state index in [0.717, 1.165) is 25.1 Å². The highest BCUT2D eigenvalue weighted by atomic mass is 19.4. The molecule has 1 aliphatic carbocycles. The van der Waals surface area contributed by atoms with Crippen LogP contribution in [0.2, 0.25) is 0 Å². The van der Waals surface area contributed by atoms with Crippen molar-refractivity contribution >= 4 is 11.7 Å². The van der Waals surface area contributed by atoms with E-state index in [0.29, 0.717) is 18.2 Å². The van der Waals surface area contributed by atoms with Crippen LogP contribution in [0.5, 0.6) is 0 Å². The second kappa shape index (κ2) is 7.82. The molecule has 2 bridgehead atoms. The summed E-state index contributed by atoms with van der Waals surface area (Å²) in [6.07, 6.45) is -2.17. The molecule has 0 unspecified atom stereocenters. The lowest BCUT2D eigenvalue weighted by Crippen LogP contribution is -2.47. The normalized spacial score (nSPS) is 22.1. The Bertz CT molecular complexity index is 1190. The lowest BCUT2D eigenvalue weighted by Gasteiger charge is -2.34. The van der Waals surface area contributed by atoms with E-state index in [-0.39, 0.29) is 40.9 Å². The first-order valence-corrected chi connectivity index (χ1v) is 10.4. The average molecular weight is 461 g/mol. The number of aromatic nitrogens is 3. The van der Waals surface area contributed by atoms with Crippen molar-refractivity contribution in [2.24, 2.45) is 5.92 Å². The Kier molecular flexibility index (Phi) is 5.06. The first kappa shape index (κ1) is 21.4. The molecule has 3 atom stereocenters. The lowest BCUT2D eigenvalue weighted by atomic mass is 10.0. The third-order valence-corrected chi connectivity index (χ3v) is 6.15. The maximum Gasteiger partial charge on any atom is 0.417 e. The largest absolute Gasteiger partial charge is 0.417 e. The van der Waals surface area contributed by atoms with Crippen molar-refractivity contribution in [3.8, 4) is 11.5 Å². The summed E-state index contributed by atoms with van der Waals surface area (Å²) in [5.74, 6) is -0.214. The Balaban J connectivity index is 1.38. The van der Waals surface area contributed by atoms with E-state index >= 15 is 0 Å². The highest BCUT2D eigenvalue weighted by molar-refractivity contribution is 6.00. The number of fused-ring (bicyclic) bond motifs is 2. The van der Waals surface area contributed by atoms with Crippen molar-refractivity contribution in [2.45, 2.75) is 38.0 Å². The van der Waals surface area contributed by atoms with E-state index in [1.54, 1.807) is 11.8 Å². The van der Waals surface area contributed by atoms with Gasteiger partial charge < -0.3 is 14.7 Å². The number of rotatable bonds is 4. The molecular formula is C22H19F4N5O2. The molecule has 3 aromatic rings. The van der Waals surface area contributed by atoms with Gasteiger partial charge >= 0.3 is 6.18 Å². The molecule has 1 aliphatic heterocycles. The molecule has 33 heavy (non-hydrogen) atoms. The summed E-state index contributed by atoms with van der Waals surface area (Å²) in [5, 5.41) is 6.85. The van der Waals surface area contributed by atoms with Crippen LogP contribution in [0.3, 0.4) is 0 Å². The van der Waals surface area contributed by atoms with Crippen LogP contribution in [0.4, 0.5) is 23.4 Å². The van der Waals surface area contributed by atoms with Gasteiger partial charge in [0.25, 0.3) is 11.8 Å². The van der Waals surface area contributed by atoms with Gasteiger partial charge in [-0.2, -0.15) is 18.2 Å². The molecule has 1 saturated carbocycles. The number of pyridine rings is 1. The first-order valence-electron chi connectivity index (χ1n) is 10.4. The second-order valence-electron chi connectivity index (χ2n) is 8.35. The van der Waals surface area contributed by atoms with Gasteiger partial charge in [0.05, 0.1) is 22.7 Å². The lowest BCUT2D eigenvalue weighted by molar-refractivity contribution is -0.137. The Labute approximate surface area is 185 Å². The number of hydrogen-bond donors (Lipinski definition) is 1. The number of anilines is 1. The number of nitrogens with one attached hydrogen (secondary N) is 1. The van der Waals surface area contributed by atoms with Crippen molar-refractivity contribution < 1.29 is 26.9 Å². The zero-order valence-corrected chi connectivity index (χ0v) is 17.4. The van der Waals surface area contributed by atoms with Gasteiger partial charge in [-0.1, -0.05) is 11.2 Å². The molecule has 1 saturated heterocycles. The zero-order valence-electron chi connectivity index (χ0n) is 17.4. The summed E-state index contributed by atoms with van der Waals surface area (Å²) in [5.41, 5.74) is -0.745. The molecule has 11 heteroatoms. The van der Waals surface area contributed by atoms with Gasteiger partial charge in [0.1, 0.15) is 11.6 Å². The minimum Gasteiger partial charge on any atom is -0.365 e. The molecule has 0 spiro atoms. The van der Waals surface area contributed by atoms with E-state index in [1.165, 1.54) is 24.3 Å². The van der Waals surface area contributed by atoms with E-state index in [9.17, 15) is 22.4 Å². The van der Waals surface area contributed by atoms with Crippen molar-refractivity contribution in [3.63, 3.8) is 0 Å². The van der Waals surface area contributed by atoms with Crippen LogP contribution in [0, 0.1) is 18.7 Å². The molecule has 7 nitrogen and oxygen atoms in total. The summed E-state index contributed by atoms with van der Waals surface area (Å²) >= 11 is 0. The Morgan fingerprint density at radius 3 is 2.67 bits per heavy atom. The third-order valence-electron chi connectivity index (χ3n) is 6.15. The van der Waals surface area contributed by atoms with Gasteiger partial charge in [-0.05, 0) is 49.9 Å². The Morgan fingerprint density at radius 2 is 2.03 bits per heavy atom. The zero-order chi connectivity index (χ0) is 23.3. The Morgan fingerprint density at radius 1 is 1.21 bits per heavy atom. The highest BCUT2D eigenvalue weighted by Gasteiger charge is 2.47. The van der Waals surface area contributed by atoms with Crippen molar-refractivity contribution in [1.29, 1.82) is 0 Å². The molecule has 1 N–H and O–H groups in total. The predicted molar refractivity (Wildman–Crippen MR) is 109 cm³/mol. The molecule has 172 valence electrons. The summed E-state index contributed by atoms with van der Waals surface area (Å²) in [6.45, 7) is 2.11. The summed E-state index contributed by atoms with van der Waals surface area (Å²) in [7, 11) is 0. The van der Waals surface area contributed by atoms with Crippen LogP contribution in [0.15, 0.2) is 41.1 Å². The number of hydrogen-bond acceptors (Lipinski definition) is 6. The summed E-state index contributed by atoms with van der Waals surface area (Å²) in [6, 6.07) is 6.06. The number of carbonyl (C=O) groups is 1. The number of likely N-dealkylation sites (tertiary alicyclic amines) is 1. The summed E-state index contributed by atoms with van der Waals surface area (Å²) in [4.78, 5) is 23.1. The maximum atomic E-state index is 14.7. The Hall–Kier alpha value is -3.50. The average Bonchev–Trinajstić information content (AvgIpc) is 3.48. The van der Waals surface area contributed by atoms with Gasteiger partial charge in [0, 0.05) is 18.8 Å². The molecule has 0 radical (unpaired) electrons. The molecule has 3 heterocycles. The van der Waals surface area contributed by atoms with E-state index in [4.69, 9.17) is 4.52 Å². The van der Waals surface area contributed by atoms with Gasteiger partial charge in [-0.15, -0.1) is 0 Å². The highest BCUT2D eigenvalue weighted by Crippen LogP contribution is 2.41. The van der Waals surface area contributed by atoms with Gasteiger partial charge in [-0.3, -0.25) is 4.79 Å². The molecule has 2 fully saturated rings. The standard InChI is InChI=1S/C22H19F4N5O2/c1-11-28-20(33-30-11)19-14(3-2-4-15(19)23)21(32)31-10-12-7-16(17(31)8-12)29-18-6-5-13(9-27-18)22(24,25)26/h2-6,9,12,16-17H,7-8,10H2,1H3,(H,27,29)/t12-,16-,17+/m1/s1. The molecule has 2 aliphatic rings. The summed E-state index contributed by atoms with van der Waals surface area (Å²) < 4.78 is 58.1. The second-order valence-corrected chi connectivity index (χ2v) is 8.35. The predicted octanol–water partition coefficient (Wildman–Crippen LogP) is 4.31. The smallest absolute Gasteiger partial charge is 0.365 e. The molecule has 1 amide bonds. The molecule has 5 rings (SSSR count). The quantitative estimate of drug-likeness (QED) is 0.583. The minimum atomic E-state index is -4.46. The fourth-order valence-corrected chi connectivity index (χ4v) is 4.72. The molecular weight excluding hydrogens is 442 g/mol. The fourth-order valence-electron chi connectivity index (χ4n) is 4.72. The minimum absolute atomic E-state index is 0.0419. The van der Waals surface area contributed by atoms with Crippen molar-refractivity contribution in [2.75, 3.05) is 11.9 Å². The van der Waals surface area contributed by atoms with Gasteiger partial charge in [0.2, 0.25) is 0 Å². The number of halogens is 4. The van der Waals surface area contributed by atoms with Crippen LogP contribution in [-0.4, -0.2) is 44.6 Å². The van der Waals surface area contributed by atoms with Gasteiger partial charge in [0.15, 0.2) is 5.82 Å². The number of piperidine rings is 1. The van der Waals surface area contributed by atoms with Crippen molar-refractivity contribution in [1.82, 2.24) is 20.0 Å².